The molecule has 0 aliphatic heterocycles. The van der Waals surface area contributed by atoms with Crippen molar-refractivity contribution in [2.24, 2.45) is 11.8 Å². The lowest BCUT2D eigenvalue weighted by Gasteiger charge is -2.26. The van der Waals surface area contributed by atoms with E-state index in [1.165, 1.54) is 13.2 Å². The third kappa shape index (κ3) is 3.28. The molecule has 1 aromatic carbocycles. The van der Waals surface area contributed by atoms with E-state index in [0.717, 1.165) is 15.9 Å². The van der Waals surface area contributed by atoms with E-state index >= 15 is 0 Å². The van der Waals surface area contributed by atoms with Crippen LogP contribution in [0.3, 0.4) is 0 Å². The number of ether oxygens (including phenoxy) is 1. The Labute approximate surface area is 126 Å². The van der Waals surface area contributed by atoms with E-state index in [1.807, 2.05) is 31.2 Å². The van der Waals surface area contributed by atoms with Gasteiger partial charge in [-0.05, 0) is 30.5 Å². The first-order valence-electron chi connectivity index (χ1n) is 6.36. The molecule has 0 saturated heterocycles. The number of carbonyl (C=O) groups is 2. The second kappa shape index (κ2) is 6.22. The zero-order chi connectivity index (χ0) is 14.7. The van der Waals surface area contributed by atoms with Gasteiger partial charge < -0.3 is 10.1 Å². The van der Waals surface area contributed by atoms with E-state index < -0.39 is 11.9 Å². The summed E-state index contributed by atoms with van der Waals surface area (Å²) in [5.41, 5.74) is 1.72. The number of hydrogen-bond acceptors (Lipinski definition) is 4. The van der Waals surface area contributed by atoms with Crippen LogP contribution in [0.25, 0.3) is 0 Å². The summed E-state index contributed by atoms with van der Waals surface area (Å²) in [4.78, 5) is 23.6. The van der Waals surface area contributed by atoms with Gasteiger partial charge in [0, 0.05) is 21.9 Å². The molecule has 1 N–H and O–H groups in total. The van der Waals surface area contributed by atoms with Crippen molar-refractivity contribution in [3.05, 3.63) is 40.5 Å². The first kappa shape index (κ1) is 14.8. The Morgan fingerprint density at radius 3 is 2.80 bits per heavy atom. The summed E-state index contributed by atoms with van der Waals surface area (Å²) in [6.07, 6.45) is 2.14. The molecule has 1 aliphatic rings. The second-order valence-electron chi connectivity index (χ2n) is 4.89. The van der Waals surface area contributed by atoms with Crippen LogP contribution in [-0.2, 0) is 14.3 Å². The van der Waals surface area contributed by atoms with Crippen molar-refractivity contribution in [3.8, 4) is 0 Å². The van der Waals surface area contributed by atoms with Crippen LogP contribution in [0.15, 0.2) is 40.5 Å². The average Bonchev–Trinajstić information content (AvgIpc) is 2.37. The van der Waals surface area contributed by atoms with Gasteiger partial charge in [-0.2, -0.15) is 0 Å². The summed E-state index contributed by atoms with van der Waals surface area (Å²) < 4.78 is 5.65. The van der Waals surface area contributed by atoms with Crippen molar-refractivity contribution in [3.63, 3.8) is 0 Å². The molecule has 4 nitrogen and oxygen atoms in total. The summed E-state index contributed by atoms with van der Waals surface area (Å²) >= 11 is 3.40. The van der Waals surface area contributed by atoms with Crippen LogP contribution in [0.1, 0.15) is 13.3 Å². The molecule has 20 heavy (non-hydrogen) atoms. The molecule has 2 atom stereocenters. The van der Waals surface area contributed by atoms with Gasteiger partial charge in [0.1, 0.15) is 5.92 Å². The minimum absolute atomic E-state index is 0.0744. The number of rotatable bonds is 3. The summed E-state index contributed by atoms with van der Waals surface area (Å²) in [6.45, 7) is 1.88. The number of methoxy groups -OCH3 is 1. The number of halogens is 1. The molecule has 0 unspecified atom stereocenters. The van der Waals surface area contributed by atoms with Crippen LogP contribution >= 0.6 is 15.9 Å². The molecule has 0 bridgehead atoms. The summed E-state index contributed by atoms with van der Waals surface area (Å²) in [5, 5.41) is 3.22. The maximum atomic E-state index is 12.0. The molecule has 1 aromatic rings. The van der Waals surface area contributed by atoms with Gasteiger partial charge in [0.2, 0.25) is 0 Å². The molecule has 0 fully saturated rings. The predicted octanol–water partition coefficient (Wildman–Crippen LogP) is 3.14. The highest BCUT2D eigenvalue weighted by atomic mass is 79.9. The molecule has 106 valence electrons. The van der Waals surface area contributed by atoms with Crippen LogP contribution in [0.4, 0.5) is 5.69 Å². The Hall–Kier alpha value is -1.62. The third-order valence-electron chi connectivity index (χ3n) is 3.32. The van der Waals surface area contributed by atoms with Crippen molar-refractivity contribution in [2.75, 3.05) is 12.4 Å². The average molecular weight is 338 g/mol. The molecule has 0 aromatic heterocycles. The maximum absolute atomic E-state index is 12.0. The number of benzene rings is 1. The molecule has 5 heteroatoms. The van der Waals surface area contributed by atoms with E-state index in [0.29, 0.717) is 6.42 Å². The van der Waals surface area contributed by atoms with Gasteiger partial charge in [0.05, 0.1) is 7.11 Å². The van der Waals surface area contributed by atoms with Crippen molar-refractivity contribution < 1.29 is 14.3 Å². The Morgan fingerprint density at radius 1 is 1.45 bits per heavy atom. The van der Waals surface area contributed by atoms with Crippen molar-refractivity contribution in [1.29, 1.82) is 0 Å². The lowest BCUT2D eigenvalue weighted by molar-refractivity contribution is -0.150. The Bertz CT molecular complexity index is 568. The molecule has 0 heterocycles. The molecular formula is C15H16BrNO3. The Morgan fingerprint density at radius 2 is 2.20 bits per heavy atom. The predicted molar refractivity (Wildman–Crippen MR) is 80.1 cm³/mol. The first-order chi connectivity index (χ1) is 9.51. The number of anilines is 1. The summed E-state index contributed by atoms with van der Waals surface area (Å²) in [6, 6.07) is 7.70. The van der Waals surface area contributed by atoms with E-state index in [4.69, 9.17) is 0 Å². The molecule has 0 radical (unpaired) electrons. The van der Waals surface area contributed by atoms with E-state index in [1.54, 1.807) is 0 Å². The van der Waals surface area contributed by atoms with Crippen LogP contribution in [-0.4, -0.2) is 18.9 Å². The number of hydrogen-bond donors (Lipinski definition) is 1. The zero-order valence-corrected chi connectivity index (χ0v) is 12.9. The smallest absolute Gasteiger partial charge is 0.316 e. The maximum Gasteiger partial charge on any atom is 0.316 e. The highest BCUT2D eigenvalue weighted by Crippen LogP contribution is 2.29. The molecular weight excluding hydrogens is 322 g/mol. The minimum atomic E-state index is -0.687. The molecule has 0 spiro atoms. The number of carbonyl (C=O) groups excluding carboxylic acids is 2. The highest BCUT2D eigenvalue weighted by molar-refractivity contribution is 9.10. The first-order valence-corrected chi connectivity index (χ1v) is 7.15. The molecule has 0 amide bonds. The van der Waals surface area contributed by atoms with Crippen LogP contribution in [0.2, 0.25) is 0 Å². The van der Waals surface area contributed by atoms with Crippen LogP contribution in [0, 0.1) is 11.8 Å². The van der Waals surface area contributed by atoms with Gasteiger partial charge in [0.15, 0.2) is 5.78 Å². The van der Waals surface area contributed by atoms with Gasteiger partial charge in [-0.1, -0.05) is 28.9 Å². The number of nitrogens with one attached hydrogen (secondary N) is 1. The zero-order valence-electron chi connectivity index (χ0n) is 11.4. The van der Waals surface area contributed by atoms with Crippen LogP contribution in [0.5, 0.6) is 0 Å². The monoisotopic (exact) mass is 337 g/mol. The largest absolute Gasteiger partial charge is 0.468 e. The van der Waals surface area contributed by atoms with Crippen LogP contribution < -0.4 is 5.32 Å². The summed E-state index contributed by atoms with van der Waals surface area (Å²) in [7, 11) is 1.31. The van der Waals surface area contributed by atoms with E-state index in [-0.39, 0.29) is 11.7 Å². The van der Waals surface area contributed by atoms with Crippen molar-refractivity contribution in [2.45, 2.75) is 13.3 Å². The van der Waals surface area contributed by atoms with Gasteiger partial charge >= 0.3 is 5.97 Å². The lowest BCUT2D eigenvalue weighted by atomic mass is 9.82. The molecule has 1 aliphatic carbocycles. The van der Waals surface area contributed by atoms with E-state index in [2.05, 4.69) is 26.0 Å². The fourth-order valence-corrected chi connectivity index (χ4v) is 2.78. The Balaban J connectivity index is 2.15. The minimum Gasteiger partial charge on any atom is -0.468 e. The second-order valence-corrected chi connectivity index (χ2v) is 5.81. The molecule has 0 saturated carbocycles. The SMILES string of the molecule is COC(=O)[C@@H]1C(=O)C=C(Nc2cccc(Br)c2)C[C@H]1C. The Kier molecular flexibility index (Phi) is 4.60. The quantitative estimate of drug-likeness (QED) is 0.680. The lowest BCUT2D eigenvalue weighted by Crippen LogP contribution is -2.34. The fraction of sp³-hybridized carbons (Fsp3) is 0.333. The van der Waals surface area contributed by atoms with Gasteiger partial charge in [-0.25, -0.2) is 0 Å². The van der Waals surface area contributed by atoms with E-state index in [9.17, 15) is 9.59 Å². The van der Waals surface area contributed by atoms with Gasteiger partial charge in [-0.15, -0.1) is 0 Å². The van der Waals surface area contributed by atoms with Crippen molar-refractivity contribution >= 4 is 33.4 Å². The fourth-order valence-electron chi connectivity index (χ4n) is 2.38. The highest BCUT2D eigenvalue weighted by Gasteiger charge is 2.35. The number of esters is 1. The molecule has 2 rings (SSSR count). The topological polar surface area (TPSA) is 55.4 Å². The normalized spacial score (nSPS) is 22.1. The number of ketones is 1. The van der Waals surface area contributed by atoms with Gasteiger partial charge in [0.25, 0.3) is 0 Å². The van der Waals surface area contributed by atoms with Gasteiger partial charge in [-0.3, -0.25) is 9.59 Å². The third-order valence-corrected chi connectivity index (χ3v) is 3.81. The summed E-state index contributed by atoms with van der Waals surface area (Å²) in [5.74, 6) is -1.42. The number of allylic oxidation sites excluding steroid dienone is 2. The van der Waals surface area contributed by atoms with Crippen molar-refractivity contribution in [1.82, 2.24) is 0 Å². The standard InChI is InChI=1S/C15H16BrNO3/c1-9-6-12(8-13(18)14(9)15(19)20-2)17-11-5-3-4-10(16)7-11/h3-5,7-9,14,17H,6H2,1-2H3/t9-,14+/m1/s1.